The van der Waals surface area contributed by atoms with Gasteiger partial charge in [-0.1, -0.05) is 0 Å². The molecule has 0 bridgehead atoms. The van der Waals surface area contributed by atoms with E-state index in [0.717, 1.165) is 0 Å². The van der Waals surface area contributed by atoms with E-state index in [-0.39, 0.29) is 18.5 Å². The topological polar surface area (TPSA) is 271 Å². The maximum absolute atomic E-state index is 9.11. The number of quaternary nitrogens is 3. The molecule has 0 aliphatic carbocycles. The van der Waals surface area contributed by atoms with E-state index >= 15 is 0 Å². The minimum absolute atomic E-state index is 0. The van der Waals surface area contributed by atoms with Crippen molar-refractivity contribution < 1.29 is 30.8 Å². The van der Waals surface area contributed by atoms with Crippen LogP contribution in [-0.2, 0) is 30.6 Å². The minimum Gasteiger partial charge on any atom is -0.759 e. The van der Waals surface area contributed by atoms with Crippen molar-refractivity contribution in [3.05, 3.63) is 6.57 Å². The summed E-state index contributed by atoms with van der Waals surface area (Å²) in [5.41, 5.74) is 0. The second-order valence-electron chi connectivity index (χ2n) is 0.856. The molecule has 0 saturated carbocycles. The van der Waals surface area contributed by atoms with E-state index in [4.69, 9.17) is 42.7 Å². The highest BCUT2D eigenvalue weighted by Gasteiger charge is 1.78. The molecule has 0 aromatic heterocycles. The Morgan fingerprint density at radius 2 is 1.00 bits per heavy atom. The first-order chi connectivity index (χ1) is 5.00. The fourth-order valence-corrected chi connectivity index (χ4v) is 0. The van der Waals surface area contributed by atoms with Crippen LogP contribution in [-0.4, -0.2) is 30.8 Å². The molecule has 0 heterocycles. The Hall–Kier alpha value is -0.470. The highest BCUT2D eigenvalue weighted by Crippen LogP contribution is 1.62. The average molecular weight is 290 g/mol. The lowest BCUT2D eigenvalue weighted by molar-refractivity contribution is 0.352. The summed E-state index contributed by atoms with van der Waals surface area (Å²) in [6.45, 7) is 4.75. The molecule has 0 spiro atoms. The van der Waals surface area contributed by atoms with E-state index < -0.39 is 19.5 Å². The van der Waals surface area contributed by atoms with E-state index in [9.17, 15) is 0 Å². The third kappa shape index (κ3) is 8140. The van der Waals surface area contributed by atoms with Crippen molar-refractivity contribution >= 4 is 30.6 Å². The second kappa shape index (κ2) is 16.0. The smallest absolute Gasteiger partial charge is 0.263 e. The summed E-state index contributed by atoms with van der Waals surface area (Å²) in [6, 6.07) is 0. The van der Waals surface area contributed by atoms with Gasteiger partial charge in [-0.2, -0.15) is 4.21 Å². The molecule has 0 rings (SSSR count). The highest BCUT2D eigenvalue weighted by atomic mass is 32.9. The first-order valence-electron chi connectivity index (χ1n) is 1.59. The Labute approximate surface area is 92.1 Å². The molecule has 0 aliphatic rings. The van der Waals surface area contributed by atoms with Gasteiger partial charge < -0.3 is 39.4 Å². The first kappa shape index (κ1) is 36.6. The molecule has 0 saturated heterocycles. The van der Waals surface area contributed by atoms with Gasteiger partial charge in [0.25, 0.3) is 9.05 Å². The van der Waals surface area contributed by atoms with Crippen LogP contribution in [0.1, 0.15) is 0 Å². The summed E-state index contributed by atoms with van der Waals surface area (Å²) in [5, 5.41) is 6.25. The van der Waals surface area contributed by atoms with Gasteiger partial charge >= 0.3 is 0 Å². The van der Waals surface area contributed by atoms with Crippen LogP contribution in [0.2, 0.25) is 0 Å². The second-order valence-corrected chi connectivity index (χ2v) is 3.87. The van der Waals surface area contributed by atoms with Crippen molar-refractivity contribution in [2.24, 2.45) is 0 Å². The standard InChI is InChI=1S/CN.3H3N.H2O4S.H2O3S2/c1-2;;;;2*1-5(2,3)4/h;3*1H3;2*(H2,1,2,3,4)/q-1;;;;;/p+1. The van der Waals surface area contributed by atoms with Crippen molar-refractivity contribution in [1.82, 2.24) is 18.5 Å². The lowest BCUT2D eigenvalue weighted by atomic mass is 11.9. The number of hydrogen-bond acceptors (Lipinski definition) is 7. The van der Waals surface area contributed by atoms with Gasteiger partial charge in [0.05, 0.1) is 0 Å². The van der Waals surface area contributed by atoms with E-state index in [1.807, 2.05) is 0 Å². The first-order valence-corrected chi connectivity index (χ1v) is 5.32. The van der Waals surface area contributed by atoms with Crippen LogP contribution in [0.25, 0.3) is 0 Å². The van der Waals surface area contributed by atoms with Crippen LogP contribution < -0.4 is 18.5 Å². The summed E-state index contributed by atoms with van der Waals surface area (Å²) in [5.74, 6) is 0. The lowest BCUT2D eigenvalue weighted by Crippen LogP contribution is -1.91. The van der Waals surface area contributed by atoms with Gasteiger partial charge in [-0.05, 0) is 0 Å². The molecule has 0 radical (unpaired) electrons. The zero-order valence-electron chi connectivity index (χ0n) is 8.11. The van der Waals surface area contributed by atoms with Gasteiger partial charge in [0, 0.05) is 21.6 Å². The fraction of sp³-hybridized carbons (Fsp3) is 0. The maximum Gasteiger partial charge on any atom is 0.263 e. The Bertz CT molecular complexity index is 256. The Balaban J connectivity index is -0.0000000197. The number of nitrogens with zero attached hydrogens (tertiary/aromatic N) is 1. The van der Waals surface area contributed by atoms with Crippen LogP contribution in [0.15, 0.2) is 0 Å². The molecule has 0 aromatic carbocycles. The van der Waals surface area contributed by atoms with Crippen molar-refractivity contribution in [3.63, 3.8) is 0 Å². The summed E-state index contributed by atoms with van der Waals surface area (Å²) in [6.07, 6.45) is 0. The molecule has 0 fully saturated rings. The summed E-state index contributed by atoms with van der Waals surface area (Å²) in [4.78, 5) is 0. The summed E-state index contributed by atoms with van der Waals surface area (Å²) < 4.78 is 58.0. The summed E-state index contributed by atoms with van der Waals surface area (Å²) in [7, 11) is -9.00. The van der Waals surface area contributed by atoms with Gasteiger partial charge in [-0.3, -0.25) is 17.5 Å². The van der Waals surface area contributed by atoms with Crippen LogP contribution >= 0.6 is 0 Å². The predicted octanol–water partition coefficient (Wildman–Crippen LogP) is -0.434. The normalized spacial score (nSPS) is 7.87. The minimum atomic E-state index is -5.17. The molecule has 15 heavy (non-hydrogen) atoms. The van der Waals surface area contributed by atoms with Crippen molar-refractivity contribution in [3.8, 4) is 0 Å². The van der Waals surface area contributed by atoms with Gasteiger partial charge in [-0.25, -0.2) is 0 Å². The van der Waals surface area contributed by atoms with Crippen LogP contribution in [0.3, 0.4) is 0 Å². The lowest BCUT2D eigenvalue weighted by Gasteiger charge is -2.06. The van der Waals surface area contributed by atoms with E-state index in [1.54, 1.807) is 0 Å². The number of rotatable bonds is 0. The molecule has 0 aliphatic heterocycles. The zero-order chi connectivity index (χ0) is 11.0. The van der Waals surface area contributed by atoms with Crippen LogP contribution in [0.4, 0.5) is 0 Å². The van der Waals surface area contributed by atoms with Gasteiger partial charge in [0.15, 0.2) is 0 Å². The van der Waals surface area contributed by atoms with Crippen LogP contribution in [0, 0.1) is 11.8 Å². The molecule has 0 atom stereocenters. The largest absolute Gasteiger partial charge is 0.759 e. The number of hydrogen-bond donors (Lipinski definition) is 5. The van der Waals surface area contributed by atoms with E-state index in [1.165, 1.54) is 0 Å². The third-order valence-electron chi connectivity index (χ3n) is 0. The molecular weight excluding hydrogens is 276 g/mol. The molecule has 14 N–H and O–H groups in total. The SMILES string of the molecule is O=S(=O)([O-])[O-].O=S(O)(O)=S.[C-]#N.[NH4+].[NH4+].[NH4+]. The van der Waals surface area contributed by atoms with E-state index in [2.05, 4.69) is 11.2 Å². The Morgan fingerprint density at radius 3 is 1.00 bits per heavy atom. The quantitative estimate of drug-likeness (QED) is 0.219. The van der Waals surface area contributed by atoms with Gasteiger partial charge in [0.1, 0.15) is 0 Å². The fourth-order valence-electron chi connectivity index (χ4n) is 0. The van der Waals surface area contributed by atoms with E-state index in [0.29, 0.717) is 0 Å². The van der Waals surface area contributed by atoms with Crippen molar-refractivity contribution in [2.75, 3.05) is 0 Å². The zero-order valence-corrected chi connectivity index (χ0v) is 10.6. The van der Waals surface area contributed by atoms with Crippen molar-refractivity contribution in [2.45, 2.75) is 0 Å². The van der Waals surface area contributed by atoms with Crippen LogP contribution in [0.5, 0.6) is 0 Å². The highest BCUT2D eigenvalue weighted by molar-refractivity contribution is 8.26. The predicted molar refractivity (Wildman–Crippen MR) is 54.2 cm³/mol. The molecule has 98 valence electrons. The van der Waals surface area contributed by atoms with Gasteiger partial charge in [-0.15, -0.1) is 0 Å². The molecule has 11 nitrogen and oxygen atoms in total. The molecule has 14 heteroatoms. The molecule has 0 unspecified atom stereocenters. The van der Waals surface area contributed by atoms with Crippen molar-refractivity contribution in [1.29, 1.82) is 5.26 Å². The monoisotopic (exact) mass is 290 g/mol. The Morgan fingerprint density at radius 1 is 1.00 bits per heavy atom. The molecule has 0 amide bonds. The molecule has 0 aromatic rings. The maximum atomic E-state index is 9.11. The third-order valence-corrected chi connectivity index (χ3v) is 0. The average Bonchev–Trinajstić information content (AvgIpc) is 1.59. The Kier molecular flexibility index (Phi) is 38.9. The van der Waals surface area contributed by atoms with Gasteiger partial charge in [0.2, 0.25) is 0 Å². The molecular formula is CH14N4O7S3. The summed E-state index contributed by atoms with van der Waals surface area (Å²) >= 11 is 3.47.